The summed E-state index contributed by atoms with van der Waals surface area (Å²) in [5.74, 6) is -6.07. The number of benzene rings is 1. The molecule has 2 saturated heterocycles. The van der Waals surface area contributed by atoms with Crippen molar-refractivity contribution in [2.24, 2.45) is 0 Å². The van der Waals surface area contributed by atoms with E-state index in [1.807, 2.05) is 0 Å². The molecule has 0 aliphatic carbocycles. The van der Waals surface area contributed by atoms with Crippen LogP contribution in [-0.4, -0.2) is 58.7 Å². The molecule has 13 nitrogen and oxygen atoms in total. The molecule has 4 amide bonds. The number of amides is 4. The first-order valence-corrected chi connectivity index (χ1v) is 9.65. The third-order valence-corrected chi connectivity index (χ3v) is 4.84. The molecule has 1 aromatic rings. The Morgan fingerprint density at radius 3 is 1.35 bits per heavy atom. The van der Waals surface area contributed by atoms with E-state index in [2.05, 4.69) is 9.68 Å². The molecule has 2 aliphatic rings. The van der Waals surface area contributed by atoms with Crippen molar-refractivity contribution < 1.29 is 81.0 Å². The van der Waals surface area contributed by atoms with Gasteiger partial charge in [-0.05, 0) is 18.2 Å². The van der Waals surface area contributed by atoms with E-state index in [9.17, 15) is 41.7 Å². The average Bonchev–Trinajstić information content (AvgIpc) is 3.17. The van der Waals surface area contributed by atoms with Crippen LogP contribution in [0.4, 0.5) is 0 Å². The van der Waals surface area contributed by atoms with E-state index in [-0.39, 0.29) is 65.4 Å². The summed E-state index contributed by atoms with van der Waals surface area (Å²) in [7, 11) is -5.17. The summed E-state index contributed by atoms with van der Waals surface area (Å²) in [6.07, 6.45) is -0.791. The largest absolute Gasteiger partial charge is 1.00 e. The molecule has 2 fully saturated rings. The maximum atomic E-state index is 12.3. The predicted octanol–water partition coefficient (Wildman–Crippen LogP) is -3.96. The number of carbonyl (C=O) groups is 6. The predicted molar refractivity (Wildman–Crippen MR) is 87.4 cm³/mol. The molecule has 0 bridgehead atoms. The van der Waals surface area contributed by atoms with Gasteiger partial charge in [-0.15, -0.1) is 10.1 Å². The van der Waals surface area contributed by atoms with Gasteiger partial charge in [0, 0.05) is 25.7 Å². The molecule has 0 spiro atoms. The van der Waals surface area contributed by atoms with Gasteiger partial charge >= 0.3 is 41.5 Å². The fourth-order valence-corrected chi connectivity index (χ4v) is 3.11. The molecule has 3 rings (SSSR count). The summed E-state index contributed by atoms with van der Waals surface area (Å²) < 4.78 is 34.1. The zero-order valence-corrected chi connectivity index (χ0v) is 18.7. The van der Waals surface area contributed by atoms with Crippen molar-refractivity contribution in [1.82, 2.24) is 10.1 Å². The molecular formula is C16H11N2NaO11S. The van der Waals surface area contributed by atoms with Gasteiger partial charge in [-0.2, -0.15) is 0 Å². The zero-order valence-electron chi connectivity index (χ0n) is 15.9. The van der Waals surface area contributed by atoms with Crippen molar-refractivity contribution in [2.45, 2.75) is 30.6 Å². The van der Waals surface area contributed by atoms with Gasteiger partial charge in [0.25, 0.3) is 23.6 Å². The summed E-state index contributed by atoms with van der Waals surface area (Å²) in [5, 5.41) is 0.362. The molecule has 0 N–H and O–H groups in total. The second kappa shape index (κ2) is 9.23. The maximum Gasteiger partial charge on any atom is 1.00 e. The van der Waals surface area contributed by atoms with Crippen LogP contribution >= 0.6 is 0 Å². The van der Waals surface area contributed by atoms with Crippen molar-refractivity contribution >= 4 is 45.7 Å². The van der Waals surface area contributed by atoms with E-state index in [1.165, 1.54) is 0 Å². The van der Waals surface area contributed by atoms with E-state index in [1.54, 1.807) is 0 Å². The first-order chi connectivity index (χ1) is 14.0. The third kappa shape index (κ3) is 5.34. The van der Waals surface area contributed by atoms with Gasteiger partial charge in [0.05, 0.1) is 16.0 Å². The Balaban J connectivity index is 0.00000341. The Kier molecular flexibility index (Phi) is 7.33. The summed E-state index contributed by atoms with van der Waals surface area (Å²) in [4.78, 5) is 78.9. The quantitative estimate of drug-likeness (QED) is 0.236. The number of nitrogens with zero attached hydrogens (tertiary/aromatic N) is 2. The molecule has 2 aliphatic heterocycles. The summed E-state index contributed by atoms with van der Waals surface area (Å²) in [6, 6.07) is 1.88. The molecule has 15 heteroatoms. The van der Waals surface area contributed by atoms with Gasteiger partial charge in [0.15, 0.2) is 0 Å². The van der Waals surface area contributed by atoms with Crippen LogP contribution in [0.1, 0.15) is 46.4 Å². The molecule has 158 valence electrons. The maximum absolute atomic E-state index is 12.3. The van der Waals surface area contributed by atoms with Crippen molar-refractivity contribution in [1.29, 1.82) is 0 Å². The van der Waals surface area contributed by atoms with Crippen LogP contribution in [0.5, 0.6) is 0 Å². The van der Waals surface area contributed by atoms with Crippen molar-refractivity contribution in [3.8, 4) is 0 Å². The van der Waals surface area contributed by atoms with Crippen molar-refractivity contribution in [2.75, 3.05) is 0 Å². The third-order valence-electron chi connectivity index (χ3n) is 4.03. The Labute approximate surface area is 196 Å². The molecule has 0 saturated carbocycles. The minimum Gasteiger partial charge on any atom is -0.744 e. The fraction of sp³-hybridized carbons (Fsp3) is 0.250. The molecule has 1 aromatic carbocycles. The number of rotatable bonds is 5. The molecule has 0 radical (unpaired) electrons. The van der Waals surface area contributed by atoms with Crippen LogP contribution in [0.2, 0.25) is 0 Å². The van der Waals surface area contributed by atoms with Gasteiger partial charge < -0.3 is 14.2 Å². The van der Waals surface area contributed by atoms with Gasteiger partial charge in [-0.25, -0.2) is 18.0 Å². The number of hydrogen-bond acceptors (Lipinski definition) is 11. The first-order valence-electron chi connectivity index (χ1n) is 8.24. The van der Waals surface area contributed by atoms with E-state index in [4.69, 9.17) is 0 Å². The van der Waals surface area contributed by atoms with Crippen molar-refractivity contribution in [3.63, 3.8) is 0 Å². The van der Waals surface area contributed by atoms with Crippen LogP contribution in [-0.2, 0) is 39.0 Å². The Hall–Kier alpha value is -2.65. The van der Waals surface area contributed by atoms with Crippen LogP contribution in [0.3, 0.4) is 0 Å². The van der Waals surface area contributed by atoms with E-state index >= 15 is 0 Å². The average molecular weight is 462 g/mol. The summed E-state index contributed by atoms with van der Waals surface area (Å²) in [6.45, 7) is 0. The second-order valence-corrected chi connectivity index (χ2v) is 7.50. The monoisotopic (exact) mass is 462 g/mol. The molecule has 2 heterocycles. The van der Waals surface area contributed by atoms with Crippen LogP contribution < -0.4 is 29.6 Å². The Morgan fingerprint density at radius 1 is 0.742 bits per heavy atom. The minimum atomic E-state index is -5.17. The molecule has 31 heavy (non-hydrogen) atoms. The minimum absolute atomic E-state index is 0. The Bertz CT molecular complexity index is 1010. The normalized spacial score (nSPS) is 16.4. The van der Waals surface area contributed by atoms with Gasteiger partial charge in [-0.1, -0.05) is 0 Å². The Morgan fingerprint density at radius 2 is 1.06 bits per heavy atom. The number of hydrogen-bond donors (Lipinski definition) is 0. The summed E-state index contributed by atoms with van der Waals surface area (Å²) >= 11 is 0. The van der Waals surface area contributed by atoms with Crippen LogP contribution in [0.25, 0.3) is 0 Å². The van der Waals surface area contributed by atoms with E-state index < -0.39 is 61.7 Å². The SMILES string of the molecule is O=C(ON1C(=O)CCC1=O)c1cc(C(=O)ON2C(=O)CCC2=O)cc(S(=O)(=O)[O-])c1.[Na+]. The standard InChI is InChI=1S/C16H12N2O11S.Na/c19-11-1-2-12(20)17(11)28-15(23)8-5-9(7-10(6-8)30(25,26)27)16(24)29-18-13(21)3-4-14(18)22;/h5-7H,1-4H2,(H,25,26,27);/q;+1/p-1. The first kappa shape index (κ1) is 24.6. The number of carbonyl (C=O) groups excluding carboxylic acids is 6. The second-order valence-electron chi connectivity index (χ2n) is 6.12. The van der Waals surface area contributed by atoms with E-state index in [0.29, 0.717) is 12.1 Å². The van der Waals surface area contributed by atoms with Gasteiger partial charge in [-0.3, -0.25) is 19.2 Å². The molecule has 0 atom stereocenters. The van der Waals surface area contributed by atoms with Crippen molar-refractivity contribution in [3.05, 3.63) is 29.3 Å². The molecule has 0 aromatic heterocycles. The summed E-state index contributed by atoms with van der Waals surface area (Å²) in [5.41, 5.74) is -1.35. The van der Waals surface area contributed by atoms with Crippen LogP contribution in [0, 0.1) is 0 Å². The van der Waals surface area contributed by atoms with Crippen LogP contribution in [0.15, 0.2) is 23.1 Å². The zero-order chi connectivity index (χ0) is 22.2. The van der Waals surface area contributed by atoms with Gasteiger partial charge in [0.2, 0.25) is 0 Å². The fourth-order valence-electron chi connectivity index (χ4n) is 2.57. The molecule has 0 unspecified atom stereocenters. The van der Waals surface area contributed by atoms with E-state index in [0.717, 1.165) is 6.07 Å². The number of imide groups is 2. The van der Waals surface area contributed by atoms with Gasteiger partial charge in [0.1, 0.15) is 10.1 Å². The smallest absolute Gasteiger partial charge is 0.744 e. The number of hydroxylamine groups is 4. The topological polar surface area (TPSA) is 185 Å². The molecular weight excluding hydrogens is 451 g/mol.